The highest BCUT2D eigenvalue weighted by atomic mass is 16.5. The molecule has 0 aliphatic rings. The third-order valence-corrected chi connectivity index (χ3v) is 2.33. The maximum atomic E-state index is 11.1. The molecule has 0 aromatic heterocycles. The summed E-state index contributed by atoms with van der Waals surface area (Å²) in [5.41, 5.74) is 8.49. The summed E-state index contributed by atoms with van der Waals surface area (Å²) in [5.74, 6) is -0.184. The van der Waals surface area contributed by atoms with Gasteiger partial charge in [-0.1, -0.05) is 6.07 Å². The van der Waals surface area contributed by atoms with E-state index in [1.807, 2.05) is 25.1 Å². The van der Waals surface area contributed by atoms with Gasteiger partial charge in [0.1, 0.15) is 0 Å². The summed E-state index contributed by atoms with van der Waals surface area (Å²) in [7, 11) is 0. The monoisotopic (exact) mass is 222 g/mol. The van der Waals surface area contributed by atoms with Crippen molar-refractivity contribution in [2.75, 3.05) is 24.2 Å². The first-order valence-electron chi connectivity index (χ1n) is 5.39. The average molecular weight is 222 g/mol. The van der Waals surface area contributed by atoms with Crippen molar-refractivity contribution in [3.8, 4) is 0 Å². The first-order chi connectivity index (χ1) is 7.65. The van der Waals surface area contributed by atoms with E-state index < -0.39 is 0 Å². The van der Waals surface area contributed by atoms with Crippen molar-refractivity contribution in [3.05, 3.63) is 23.8 Å². The van der Waals surface area contributed by atoms with Gasteiger partial charge in [0.2, 0.25) is 0 Å². The third kappa shape index (κ3) is 3.46. The zero-order chi connectivity index (χ0) is 12.0. The number of esters is 1. The highest BCUT2D eigenvalue weighted by Crippen LogP contribution is 2.20. The number of nitrogens with two attached hydrogens (primary N) is 1. The molecular formula is C12H18N2O2. The normalized spacial score (nSPS) is 9.88. The Hall–Kier alpha value is -1.71. The summed E-state index contributed by atoms with van der Waals surface area (Å²) < 4.78 is 4.83. The van der Waals surface area contributed by atoms with Gasteiger partial charge in [0.15, 0.2) is 0 Å². The van der Waals surface area contributed by atoms with E-state index in [4.69, 9.17) is 10.5 Å². The molecule has 0 amide bonds. The van der Waals surface area contributed by atoms with Gasteiger partial charge in [-0.05, 0) is 31.5 Å². The highest BCUT2D eigenvalue weighted by Gasteiger charge is 2.03. The van der Waals surface area contributed by atoms with Crippen LogP contribution in [-0.2, 0) is 9.53 Å². The van der Waals surface area contributed by atoms with Crippen molar-refractivity contribution in [3.63, 3.8) is 0 Å². The Labute approximate surface area is 95.8 Å². The van der Waals surface area contributed by atoms with Crippen molar-refractivity contribution in [1.29, 1.82) is 0 Å². The quantitative estimate of drug-likeness (QED) is 0.590. The lowest BCUT2D eigenvalue weighted by Gasteiger charge is -2.10. The largest absolute Gasteiger partial charge is 0.466 e. The number of anilines is 2. The third-order valence-electron chi connectivity index (χ3n) is 2.33. The number of nitrogens with one attached hydrogen (secondary N) is 1. The molecule has 0 aliphatic carbocycles. The predicted molar refractivity (Wildman–Crippen MR) is 65.3 cm³/mol. The molecule has 0 heterocycles. The molecule has 0 saturated carbocycles. The van der Waals surface area contributed by atoms with Crippen LogP contribution < -0.4 is 11.1 Å². The lowest BCUT2D eigenvalue weighted by molar-refractivity contribution is -0.142. The van der Waals surface area contributed by atoms with Crippen LogP contribution in [-0.4, -0.2) is 19.1 Å². The van der Waals surface area contributed by atoms with Crippen LogP contribution >= 0.6 is 0 Å². The van der Waals surface area contributed by atoms with Crippen LogP contribution in [0.5, 0.6) is 0 Å². The fourth-order valence-electron chi connectivity index (χ4n) is 1.38. The Morgan fingerprint density at radius 2 is 2.25 bits per heavy atom. The first kappa shape index (κ1) is 12.4. The van der Waals surface area contributed by atoms with E-state index in [0.29, 0.717) is 19.6 Å². The van der Waals surface area contributed by atoms with Gasteiger partial charge in [-0.3, -0.25) is 4.79 Å². The molecule has 0 radical (unpaired) electrons. The number of benzene rings is 1. The van der Waals surface area contributed by atoms with Gasteiger partial charge in [0, 0.05) is 17.9 Å². The molecule has 16 heavy (non-hydrogen) atoms. The van der Waals surface area contributed by atoms with E-state index in [9.17, 15) is 4.79 Å². The lowest BCUT2D eigenvalue weighted by Crippen LogP contribution is -2.12. The number of carbonyl (C=O) groups is 1. The molecule has 88 valence electrons. The van der Waals surface area contributed by atoms with Crippen LogP contribution in [0.3, 0.4) is 0 Å². The summed E-state index contributed by atoms with van der Waals surface area (Å²) in [6, 6.07) is 5.68. The standard InChI is InChI=1S/C12H18N2O2/c1-3-16-12(15)7-8-14-11-6-4-5-10(13)9(11)2/h4-6,14H,3,7-8,13H2,1-2H3. The number of rotatable bonds is 5. The van der Waals surface area contributed by atoms with Gasteiger partial charge in [-0.2, -0.15) is 0 Å². The number of ether oxygens (including phenoxy) is 1. The summed E-state index contributed by atoms with van der Waals surface area (Å²) in [4.78, 5) is 11.1. The van der Waals surface area contributed by atoms with Crippen LogP contribution in [0.15, 0.2) is 18.2 Å². The molecule has 0 atom stereocenters. The average Bonchev–Trinajstić information content (AvgIpc) is 2.25. The molecule has 0 fully saturated rings. The molecule has 1 aromatic rings. The van der Waals surface area contributed by atoms with Gasteiger partial charge in [0.25, 0.3) is 0 Å². The zero-order valence-corrected chi connectivity index (χ0v) is 9.75. The van der Waals surface area contributed by atoms with E-state index in [1.165, 1.54) is 0 Å². The van der Waals surface area contributed by atoms with Gasteiger partial charge in [-0.15, -0.1) is 0 Å². The van der Waals surface area contributed by atoms with Crippen LogP contribution in [0.4, 0.5) is 11.4 Å². The Kier molecular flexibility index (Phi) is 4.64. The maximum absolute atomic E-state index is 11.1. The summed E-state index contributed by atoms with van der Waals surface area (Å²) in [5, 5.41) is 3.16. The van der Waals surface area contributed by atoms with Crippen molar-refractivity contribution in [2.45, 2.75) is 20.3 Å². The van der Waals surface area contributed by atoms with Crippen LogP contribution in [0.25, 0.3) is 0 Å². The van der Waals surface area contributed by atoms with Gasteiger partial charge < -0.3 is 15.8 Å². The molecule has 1 aromatic carbocycles. The van der Waals surface area contributed by atoms with Crippen LogP contribution in [0.2, 0.25) is 0 Å². The van der Waals surface area contributed by atoms with Crippen LogP contribution in [0.1, 0.15) is 18.9 Å². The van der Waals surface area contributed by atoms with Crippen molar-refractivity contribution >= 4 is 17.3 Å². The molecule has 0 unspecified atom stereocenters. The molecule has 4 nitrogen and oxygen atoms in total. The van der Waals surface area contributed by atoms with Gasteiger partial charge in [0.05, 0.1) is 13.0 Å². The SMILES string of the molecule is CCOC(=O)CCNc1cccc(N)c1C. The van der Waals surface area contributed by atoms with Gasteiger partial charge >= 0.3 is 5.97 Å². The molecule has 4 heteroatoms. The van der Waals surface area contributed by atoms with Gasteiger partial charge in [-0.25, -0.2) is 0 Å². The van der Waals surface area contributed by atoms with E-state index in [2.05, 4.69) is 5.32 Å². The summed E-state index contributed by atoms with van der Waals surface area (Å²) in [6.07, 6.45) is 0.363. The molecular weight excluding hydrogens is 204 g/mol. The lowest BCUT2D eigenvalue weighted by atomic mass is 10.1. The van der Waals surface area contributed by atoms with E-state index in [1.54, 1.807) is 6.92 Å². The molecule has 3 N–H and O–H groups in total. The fourth-order valence-corrected chi connectivity index (χ4v) is 1.38. The first-order valence-corrected chi connectivity index (χ1v) is 5.39. The number of nitrogen functional groups attached to an aromatic ring is 1. The predicted octanol–water partition coefficient (Wildman–Crippen LogP) is 1.94. The number of carbonyl (C=O) groups excluding carboxylic acids is 1. The minimum Gasteiger partial charge on any atom is -0.466 e. The zero-order valence-electron chi connectivity index (χ0n) is 9.75. The Balaban J connectivity index is 2.43. The van der Waals surface area contributed by atoms with E-state index in [-0.39, 0.29) is 5.97 Å². The second-order valence-electron chi connectivity index (χ2n) is 3.50. The topological polar surface area (TPSA) is 64.3 Å². The van der Waals surface area contributed by atoms with Crippen molar-refractivity contribution in [1.82, 2.24) is 0 Å². The molecule has 0 bridgehead atoms. The molecule has 0 saturated heterocycles. The van der Waals surface area contributed by atoms with E-state index >= 15 is 0 Å². The van der Waals surface area contributed by atoms with Crippen molar-refractivity contribution in [2.24, 2.45) is 0 Å². The Morgan fingerprint density at radius 3 is 2.94 bits per heavy atom. The number of hydrogen-bond donors (Lipinski definition) is 2. The summed E-state index contributed by atoms with van der Waals surface area (Å²) in [6.45, 7) is 4.73. The second kappa shape index (κ2) is 6.00. The maximum Gasteiger partial charge on any atom is 0.307 e. The molecule has 1 rings (SSSR count). The highest BCUT2D eigenvalue weighted by molar-refractivity contribution is 5.70. The Bertz CT molecular complexity index is 364. The Morgan fingerprint density at radius 1 is 1.50 bits per heavy atom. The van der Waals surface area contributed by atoms with Crippen LogP contribution in [0, 0.1) is 6.92 Å². The smallest absolute Gasteiger partial charge is 0.307 e. The second-order valence-corrected chi connectivity index (χ2v) is 3.50. The molecule has 0 aliphatic heterocycles. The van der Waals surface area contributed by atoms with E-state index in [0.717, 1.165) is 16.9 Å². The fraction of sp³-hybridized carbons (Fsp3) is 0.417. The number of hydrogen-bond acceptors (Lipinski definition) is 4. The molecule has 0 spiro atoms. The minimum absolute atomic E-state index is 0.184. The minimum atomic E-state index is -0.184. The van der Waals surface area contributed by atoms with Crippen molar-refractivity contribution < 1.29 is 9.53 Å². The summed E-state index contributed by atoms with van der Waals surface area (Å²) >= 11 is 0.